The molecule has 0 amide bonds. The lowest BCUT2D eigenvalue weighted by Crippen LogP contribution is -2.30. The Bertz CT molecular complexity index is 1360. The third kappa shape index (κ3) is 4.31. The van der Waals surface area contributed by atoms with Crippen molar-refractivity contribution in [1.82, 2.24) is 14.9 Å². The molecule has 1 aliphatic heterocycles. The number of pyridine rings is 1. The Labute approximate surface area is 210 Å². The number of esters is 1. The zero-order valence-corrected chi connectivity index (χ0v) is 20.6. The van der Waals surface area contributed by atoms with Gasteiger partial charge in [-0.3, -0.25) is 4.98 Å². The van der Waals surface area contributed by atoms with Crippen molar-refractivity contribution in [3.05, 3.63) is 113 Å². The van der Waals surface area contributed by atoms with Gasteiger partial charge in [-0.2, -0.15) is 0 Å². The van der Waals surface area contributed by atoms with Crippen LogP contribution >= 0.6 is 12.2 Å². The van der Waals surface area contributed by atoms with Crippen molar-refractivity contribution >= 4 is 29.0 Å². The van der Waals surface area contributed by atoms with Gasteiger partial charge in [0.2, 0.25) is 0 Å². The Morgan fingerprint density at radius 2 is 1.71 bits per heavy atom. The summed E-state index contributed by atoms with van der Waals surface area (Å²) in [6, 6.07) is 23.7. The molecule has 2 aromatic carbocycles. The van der Waals surface area contributed by atoms with E-state index in [4.69, 9.17) is 17.0 Å². The van der Waals surface area contributed by atoms with Gasteiger partial charge in [0.05, 0.1) is 24.4 Å². The van der Waals surface area contributed by atoms with E-state index in [1.807, 2.05) is 42.6 Å². The number of carbonyl (C=O) groups excluding carboxylic acids is 1. The van der Waals surface area contributed by atoms with Crippen molar-refractivity contribution < 1.29 is 9.53 Å². The number of thiocarbonyl (C=S) groups is 1. The standard InChI is InChI=1S/C28H26N4O2S/c1-18-15-19(2)17-22(16-18)32-26(25(30-28(32)35)23-7-4-5-13-29-23)24-8-6-14-31(24)21-11-9-20(10-12-21)27(33)34-3/h4-17,25-26H,1-3H3,(H,30,35)/t25-,26-/m0/s1. The van der Waals surface area contributed by atoms with E-state index in [0.717, 1.165) is 22.8 Å². The summed E-state index contributed by atoms with van der Waals surface area (Å²) in [4.78, 5) is 18.7. The number of hydrogen-bond acceptors (Lipinski definition) is 4. The summed E-state index contributed by atoms with van der Waals surface area (Å²) < 4.78 is 6.98. The van der Waals surface area contributed by atoms with Crippen molar-refractivity contribution in [2.24, 2.45) is 0 Å². The molecule has 2 aromatic heterocycles. The number of carbonyl (C=O) groups is 1. The highest BCUT2D eigenvalue weighted by Gasteiger charge is 2.42. The smallest absolute Gasteiger partial charge is 0.337 e. The van der Waals surface area contributed by atoms with Crippen LogP contribution in [0.5, 0.6) is 0 Å². The summed E-state index contributed by atoms with van der Waals surface area (Å²) in [5, 5.41) is 4.18. The second-order valence-corrected chi connectivity index (χ2v) is 9.07. The lowest BCUT2D eigenvalue weighted by Gasteiger charge is -2.29. The molecule has 1 fully saturated rings. The summed E-state index contributed by atoms with van der Waals surface area (Å²) in [6.07, 6.45) is 3.83. The van der Waals surface area contributed by atoms with Crippen LogP contribution in [0.25, 0.3) is 5.69 Å². The van der Waals surface area contributed by atoms with E-state index in [9.17, 15) is 4.79 Å². The van der Waals surface area contributed by atoms with Gasteiger partial charge in [0.1, 0.15) is 6.04 Å². The Hall–Kier alpha value is -3.97. The highest BCUT2D eigenvalue weighted by Crippen LogP contribution is 2.42. The maximum Gasteiger partial charge on any atom is 0.337 e. The van der Waals surface area contributed by atoms with Gasteiger partial charge in [0.25, 0.3) is 0 Å². The molecule has 7 heteroatoms. The molecule has 0 saturated carbocycles. The number of rotatable bonds is 5. The van der Waals surface area contributed by atoms with E-state index in [2.05, 4.69) is 57.9 Å². The molecule has 1 N–H and O–H groups in total. The number of nitrogens with zero attached hydrogens (tertiary/aromatic N) is 3. The molecule has 0 spiro atoms. The van der Waals surface area contributed by atoms with Gasteiger partial charge in [0, 0.05) is 29.5 Å². The number of anilines is 1. The average Bonchev–Trinajstić information content (AvgIpc) is 3.48. The molecule has 2 atom stereocenters. The van der Waals surface area contributed by atoms with E-state index in [1.54, 1.807) is 18.3 Å². The molecule has 176 valence electrons. The van der Waals surface area contributed by atoms with Crippen LogP contribution in [-0.4, -0.2) is 27.7 Å². The van der Waals surface area contributed by atoms with Crippen molar-refractivity contribution in [2.75, 3.05) is 12.0 Å². The van der Waals surface area contributed by atoms with E-state index in [-0.39, 0.29) is 18.1 Å². The Morgan fingerprint density at radius 1 is 0.971 bits per heavy atom. The van der Waals surface area contributed by atoms with Gasteiger partial charge in [-0.15, -0.1) is 0 Å². The molecule has 0 unspecified atom stereocenters. The summed E-state index contributed by atoms with van der Waals surface area (Å²) >= 11 is 5.88. The number of nitrogens with one attached hydrogen (secondary N) is 1. The minimum Gasteiger partial charge on any atom is -0.465 e. The monoisotopic (exact) mass is 482 g/mol. The van der Waals surface area contributed by atoms with Crippen LogP contribution in [0.2, 0.25) is 0 Å². The van der Waals surface area contributed by atoms with Crippen LogP contribution < -0.4 is 10.2 Å². The first-order valence-corrected chi connectivity index (χ1v) is 11.8. The molecule has 6 nitrogen and oxygen atoms in total. The second kappa shape index (κ2) is 9.35. The molecule has 1 aliphatic rings. The predicted octanol–water partition coefficient (Wildman–Crippen LogP) is 5.45. The third-order valence-electron chi connectivity index (χ3n) is 6.23. The van der Waals surface area contributed by atoms with Crippen LogP contribution in [-0.2, 0) is 4.74 Å². The van der Waals surface area contributed by atoms with Crippen molar-refractivity contribution in [1.29, 1.82) is 0 Å². The lowest BCUT2D eigenvalue weighted by atomic mass is 10.00. The maximum absolute atomic E-state index is 11.9. The fourth-order valence-electron chi connectivity index (χ4n) is 4.77. The van der Waals surface area contributed by atoms with Crippen LogP contribution in [0.15, 0.2) is 85.2 Å². The quantitative estimate of drug-likeness (QED) is 0.301. The Kier molecular flexibility index (Phi) is 6.09. The predicted molar refractivity (Wildman–Crippen MR) is 141 cm³/mol. The van der Waals surface area contributed by atoms with Gasteiger partial charge < -0.3 is 19.5 Å². The van der Waals surface area contributed by atoms with Gasteiger partial charge >= 0.3 is 5.97 Å². The first-order chi connectivity index (χ1) is 17.0. The summed E-state index contributed by atoms with van der Waals surface area (Å²) in [5.74, 6) is -0.356. The molecular weight excluding hydrogens is 456 g/mol. The summed E-state index contributed by atoms with van der Waals surface area (Å²) in [7, 11) is 1.38. The van der Waals surface area contributed by atoms with Crippen LogP contribution in [0.4, 0.5) is 5.69 Å². The lowest BCUT2D eigenvalue weighted by molar-refractivity contribution is 0.0600. The van der Waals surface area contributed by atoms with Gasteiger partial charge in [0.15, 0.2) is 5.11 Å². The molecule has 0 aliphatic carbocycles. The number of aryl methyl sites for hydroxylation is 2. The third-order valence-corrected chi connectivity index (χ3v) is 6.55. The first kappa shape index (κ1) is 22.8. The van der Waals surface area contributed by atoms with E-state index < -0.39 is 0 Å². The largest absolute Gasteiger partial charge is 0.465 e. The SMILES string of the molecule is COC(=O)c1ccc(-n2cccc2[C@H]2[C@H](c3ccccn3)NC(=S)N2c2cc(C)cc(C)c2)cc1. The van der Waals surface area contributed by atoms with Crippen LogP contribution in [0.3, 0.4) is 0 Å². The number of benzene rings is 2. The zero-order chi connectivity index (χ0) is 24.5. The number of methoxy groups -OCH3 is 1. The van der Waals surface area contributed by atoms with Gasteiger partial charge in [-0.05, 0) is 97.9 Å². The van der Waals surface area contributed by atoms with Crippen LogP contribution in [0.1, 0.15) is 45.0 Å². The molecule has 1 saturated heterocycles. The van der Waals surface area contributed by atoms with Crippen molar-refractivity contribution in [3.63, 3.8) is 0 Å². The topological polar surface area (TPSA) is 59.4 Å². The highest BCUT2D eigenvalue weighted by atomic mass is 32.1. The molecule has 4 aromatic rings. The number of aromatic nitrogens is 2. The van der Waals surface area contributed by atoms with Gasteiger partial charge in [-0.25, -0.2) is 4.79 Å². The summed E-state index contributed by atoms with van der Waals surface area (Å²) in [6.45, 7) is 4.19. The maximum atomic E-state index is 11.9. The van der Waals surface area contributed by atoms with E-state index >= 15 is 0 Å². The van der Waals surface area contributed by atoms with Crippen molar-refractivity contribution in [3.8, 4) is 5.69 Å². The van der Waals surface area contributed by atoms with Crippen molar-refractivity contribution in [2.45, 2.75) is 25.9 Å². The molecular formula is C28H26N4O2S. The highest BCUT2D eigenvalue weighted by molar-refractivity contribution is 7.80. The van der Waals surface area contributed by atoms with E-state index in [1.165, 1.54) is 18.2 Å². The number of hydrogen-bond donors (Lipinski definition) is 1. The van der Waals surface area contributed by atoms with Gasteiger partial charge in [-0.1, -0.05) is 12.1 Å². The molecule has 0 radical (unpaired) electrons. The fraction of sp³-hybridized carbons (Fsp3) is 0.179. The summed E-state index contributed by atoms with van der Waals surface area (Å²) in [5.41, 5.74) is 6.82. The van der Waals surface area contributed by atoms with E-state index in [0.29, 0.717) is 10.7 Å². The number of ether oxygens (including phenoxy) is 1. The Morgan fingerprint density at radius 3 is 2.37 bits per heavy atom. The second-order valence-electron chi connectivity index (χ2n) is 8.68. The Balaban J connectivity index is 1.64. The normalized spacial score (nSPS) is 17.3. The first-order valence-electron chi connectivity index (χ1n) is 11.4. The minimum atomic E-state index is -0.356. The minimum absolute atomic E-state index is 0.145. The fourth-order valence-corrected chi connectivity index (χ4v) is 5.12. The molecule has 0 bridgehead atoms. The average molecular weight is 483 g/mol. The zero-order valence-electron chi connectivity index (χ0n) is 19.8. The molecule has 3 heterocycles. The molecule has 35 heavy (non-hydrogen) atoms. The molecule has 5 rings (SSSR count). The van der Waals surface area contributed by atoms with Crippen LogP contribution in [0, 0.1) is 13.8 Å².